The van der Waals surface area contributed by atoms with Crippen molar-refractivity contribution in [3.63, 3.8) is 0 Å². The average molecular weight is 218 g/mol. The van der Waals surface area contributed by atoms with Crippen LogP contribution < -0.4 is 10.6 Å². The Morgan fingerprint density at radius 3 is 2.69 bits per heavy atom. The van der Waals surface area contributed by atoms with E-state index in [2.05, 4.69) is 20.2 Å². The van der Waals surface area contributed by atoms with Gasteiger partial charge >= 0.3 is 0 Å². The van der Waals surface area contributed by atoms with Crippen LogP contribution in [0.3, 0.4) is 0 Å². The van der Waals surface area contributed by atoms with Gasteiger partial charge in [0.1, 0.15) is 5.82 Å². The van der Waals surface area contributed by atoms with E-state index in [0.29, 0.717) is 11.6 Å². The largest absolute Gasteiger partial charge is 0.366 e. The minimum Gasteiger partial charge on any atom is -0.366 e. The van der Waals surface area contributed by atoms with Crippen LogP contribution in [0.4, 0.5) is 11.8 Å². The van der Waals surface area contributed by atoms with E-state index in [4.69, 9.17) is 5.73 Å². The number of fused-ring (bicyclic) bond motifs is 1. The van der Waals surface area contributed by atoms with Crippen molar-refractivity contribution in [2.75, 3.05) is 23.7 Å². The van der Waals surface area contributed by atoms with Gasteiger partial charge in [-0.3, -0.25) is 0 Å². The van der Waals surface area contributed by atoms with Crippen LogP contribution in [0, 0.1) is 0 Å². The summed E-state index contributed by atoms with van der Waals surface area (Å²) in [5.41, 5.74) is 6.38. The Hall–Kier alpha value is -1.85. The molecule has 2 aromatic heterocycles. The fraction of sp³-hybridized carbons (Fsp3) is 0.500. The van der Waals surface area contributed by atoms with Crippen LogP contribution in [0.1, 0.15) is 19.3 Å². The van der Waals surface area contributed by atoms with Crippen molar-refractivity contribution >= 4 is 17.4 Å². The third-order valence-electron chi connectivity index (χ3n) is 2.95. The summed E-state index contributed by atoms with van der Waals surface area (Å²) in [7, 11) is 0. The van der Waals surface area contributed by atoms with Gasteiger partial charge in [-0.25, -0.2) is 0 Å². The average Bonchev–Trinajstić information content (AvgIpc) is 2.72. The number of hydrogen-bond acceptors (Lipinski definition) is 5. The molecule has 2 aromatic rings. The van der Waals surface area contributed by atoms with Gasteiger partial charge < -0.3 is 10.6 Å². The van der Waals surface area contributed by atoms with Crippen molar-refractivity contribution < 1.29 is 0 Å². The summed E-state index contributed by atoms with van der Waals surface area (Å²) in [6.45, 7) is 2.14. The Morgan fingerprint density at radius 2 is 1.88 bits per heavy atom. The van der Waals surface area contributed by atoms with Crippen molar-refractivity contribution in [1.82, 2.24) is 19.8 Å². The zero-order valence-corrected chi connectivity index (χ0v) is 9.00. The molecule has 2 N–H and O–H groups in total. The smallest absolute Gasteiger partial charge is 0.243 e. The van der Waals surface area contributed by atoms with Crippen LogP contribution in [-0.4, -0.2) is 32.9 Å². The summed E-state index contributed by atoms with van der Waals surface area (Å²) in [5.74, 6) is 1.30. The molecule has 1 saturated heterocycles. The lowest BCUT2D eigenvalue weighted by Crippen LogP contribution is -2.30. The highest BCUT2D eigenvalue weighted by Crippen LogP contribution is 2.17. The summed E-state index contributed by atoms with van der Waals surface area (Å²) >= 11 is 0. The highest BCUT2D eigenvalue weighted by atomic mass is 15.4. The van der Waals surface area contributed by atoms with Gasteiger partial charge in [0, 0.05) is 13.1 Å². The fourth-order valence-electron chi connectivity index (χ4n) is 2.09. The van der Waals surface area contributed by atoms with E-state index in [1.807, 2.05) is 12.1 Å². The predicted molar refractivity (Wildman–Crippen MR) is 61.3 cm³/mol. The normalized spacial score (nSPS) is 16.9. The van der Waals surface area contributed by atoms with E-state index in [9.17, 15) is 0 Å². The molecule has 3 heterocycles. The number of nitrogens with two attached hydrogens (primary N) is 1. The van der Waals surface area contributed by atoms with Crippen LogP contribution in [0.5, 0.6) is 0 Å². The second kappa shape index (κ2) is 3.62. The number of aromatic nitrogens is 4. The lowest BCUT2D eigenvalue weighted by Gasteiger charge is -2.27. The molecule has 0 bridgehead atoms. The van der Waals surface area contributed by atoms with Crippen LogP contribution >= 0.6 is 0 Å². The monoisotopic (exact) mass is 218 g/mol. The second-order valence-electron chi connectivity index (χ2n) is 4.07. The first kappa shape index (κ1) is 9.38. The number of piperidine rings is 1. The lowest BCUT2D eigenvalue weighted by molar-refractivity contribution is 0.570. The molecule has 0 aliphatic carbocycles. The number of hydrogen-bond donors (Lipinski definition) is 1. The van der Waals surface area contributed by atoms with Gasteiger partial charge in [-0.1, -0.05) is 0 Å². The quantitative estimate of drug-likeness (QED) is 0.762. The first-order chi connectivity index (χ1) is 7.84. The van der Waals surface area contributed by atoms with Crippen molar-refractivity contribution in [3.8, 4) is 0 Å². The van der Waals surface area contributed by atoms with E-state index < -0.39 is 0 Å². The van der Waals surface area contributed by atoms with Gasteiger partial charge in [0.25, 0.3) is 0 Å². The van der Waals surface area contributed by atoms with Gasteiger partial charge in [-0.05, 0) is 31.4 Å². The van der Waals surface area contributed by atoms with Crippen LogP contribution in [0.15, 0.2) is 12.1 Å². The van der Waals surface area contributed by atoms with Gasteiger partial charge in [-0.15, -0.1) is 15.3 Å². The van der Waals surface area contributed by atoms with Crippen LogP contribution in [-0.2, 0) is 0 Å². The highest BCUT2D eigenvalue weighted by Gasteiger charge is 2.13. The first-order valence-corrected chi connectivity index (χ1v) is 5.57. The predicted octanol–water partition coefficient (Wildman–Crippen LogP) is 0.697. The summed E-state index contributed by atoms with van der Waals surface area (Å²) in [6, 6.07) is 3.88. The Bertz CT molecular complexity index is 499. The van der Waals surface area contributed by atoms with E-state index in [-0.39, 0.29) is 0 Å². The van der Waals surface area contributed by atoms with E-state index in [1.165, 1.54) is 19.3 Å². The van der Waals surface area contributed by atoms with E-state index >= 15 is 0 Å². The van der Waals surface area contributed by atoms with Gasteiger partial charge in [0.15, 0.2) is 5.65 Å². The molecule has 3 rings (SSSR count). The van der Waals surface area contributed by atoms with Crippen molar-refractivity contribution in [2.45, 2.75) is 19.3 Å². The maximum absolute atomic E-state index is 5.68. The molecule has 16 heavy (non-hydrogen) atoms. The maximum Gasteiger partial charge on any atom is 0.243 e. The molecule has 84 valence electrons. The molecule has 0 radical (unpaired) electrons. The Morgan fingerprint density at radius 1 is 1.06 bits per heavy atom. The molecule has 0 spiro atoms. The number of anilines is 2. The van der Waals surface area contributed by atoms with E-state index in [0.717, 1.165) is 18.9 Å². The van der Waals surface area contributed by atoms with Crippen LogP contribution in [0.2, 0.25) is 0 Å². The molecule has 1 aliphatic rings. The van der Waals surface area contributed by atoms with E-state index in [1.54, 1.807) is 4.52 Å². The van der Waals surface area contributed by atoms with Crippen molar-refractivity contribution in [3.05, 3.63) is 12.1 Å². The van der Waals surface area contributed by atoms with Gasteiger partial charge in [0.2, 0.25) is 5.95 Å². The Kier molecular flexibility index (Phi) is 2.12. The number of rotatable bonds is 1. The molecule has 0 atom stereocenters. The Balaban J connectivity index is 1.99. The zero-order valence-electron chi connectivity index (χ0n) is 9.00. The lowest BCUT2D eigenvalue weighted by atomic mass is 10.1. The third kappa shape index (κ3) is 1.46. The van der Waals surface area contributed by atoms with Crippen LogP contribution in [0.25, 0.3) is 5.65 Å². The fourth-order valence-corrected chi connectivity index (χ4v) is 2.09. The minimum atomic E-state index is 0.342. The first-order valence-electron chi connectivity index (χ1n) is 5.57. The van der Waals surface area contributed by atoms with Gasteiger partial charge in [-0.2, -0.15) is 4.52 Å². The second-order valence-corrected chi connectivity index (χ2v) is 4.07. The summed E-state index contributed by atoms with van der Waals surface area (Å²) in [4.78, 5) is 2.28. The third-order valence-corrected chi connectivity index (χ3v) is 2.95. The molecular formula is C10H14N6. The molecule has 0 unspecified atom stereocenters. The molecule has 1 aliphatic heterocycles. The summed E-state index contributed by atoms with van der Waals surface area (Å²) < 4.78 is 1.59. The Labute approximate surface area is 93.1 Å². The maximum atomic E-state index is 5.68. The molecule has 1 fully saturated rings. The minimum absolute atomic E-state index is 0.342. The summed E-state index contributed by atoms with van der Waals surface area (Å²) in [5, 5.41) is 12.2. The molecule has 0 amide bonds. The van der Waals surface area contributed by atoms with Gasteiger partial charge in [0.05, 0.1) is 0 Å². The number of nitrogen functional groups attached to an aromatic ring is 1. The SMILES string of the molecule is Nc1nnc2ccc(N3CCCCC3)nn12. The zero-order chi connectivity index (χ0) is 11.0. The topological polar surface area (TPSA) is 72.3 Å². The molecule has 0 aromatic carbocycles. The molecule has 6 nitrogen and oxygen atoms in total. The molecule has 6 heteroatoms. The molecule has 0 saturated carbocycles. The number of nitrogens with zero attached hydrogens (tertiary/aromatic N) is 5. The van der Waals surface area contributed by atoms with Crippen molar-refractivity contribution in [1.29, 1.82) is 0 Å². The highest BCUT2D eigenvalue weighted by molar-refractivity contribution is 5.48. The van der Waals surface area contributed by atoms with Crippen molar-refractivity contribution in [2.24, 2.45) is 0 Å². The standard InChI is InChI=1S/C10H14N6/c11-10-13-12-8-4-5-9(14-16(8)10)15-6-2-1-3-7-15/h4-5H,1-3,6-7H2,(H2,11,13). The summed E-state index contributed by atoms with van der Waals surface area (Å²) in [6.07, 6.45) is 3.78. The molecular weight excluding hydrogens is 204 g/mol.